The number of fused-ring (bicyclic) bond motifs is 1. The van der Waals surface area contributed by atoms with Crippen molar-refractivity contribution in [3.63, 3.8) is 0 Å². The highest BCUT2D eigenvalue weighted by molar-refractivity contribution is 5.97. The van der Waals surface area contributed by atoms with Crippen LogP contribution in [0.5, 0.6) is 0 Å². The van der Waals surface area contributed by atoms with Crippen LogP contribution in [0.25, 0.3) is 0 Å². The maximum atomic E-state index is 12.4. The van der Waals surface area contributed by atoms with Gasteiger partial charge in [-0.3, -0.25) is 9.59 Å². The predicted molar refractivity (Wildman–Crippen MR) is 61.0 cm³/mol. The lowest BCUT2D eigenvalue weighted by molar-refractivity contribution is -0.186. The van der Waals surface area contributed by atoms with Crippen LogP contribution >= 0.6 is 0 Å². The number of nitrogens with zero attached hydrogens (tertiary/aromatic N) is 1. The summed E-state index contributed by atoms with van der Waals surface area (Å²) in [5.74, 6) is -2.73. The number of benzene rings is 1. The Kier molecular flexibility index (Phi) is 3.09. The SMILES string of the molecule is Nc1ccc2c(c1)NC(=O)CN(C(=O)C(F)(F)F)C2. The molecule has 1 aromatic carbocycles. The Labute approximate surface area is 106 Å². The predicted octanol–water partition coefficient (Wildman–Crippen LogP) is 1.11. The third-order valence-corrected chi connectivity index (χ3v) is 2.63. The van der Waals surface area contributed by atoms with E-state index in [1.807, 2.05) is 0 Å². The van der Waals surface area contributed by atoms with Gasteiger partial charge in [0.1, 0.15) is 6.54 Å². The van der Waals surface area contributed by atoms with E-state index in [2.05, 4.69) is 5.32 Å². The lowest BCUT2D eigenvalue weighted by Crippen LogP contribution is -2.43. The number of nitrogens with two attached hydrogens (primary N) is 1. The number of alkyl halides is 3. The standard InChI is InChI=1S/C11H10F3N3O2/c12-11(13,14)10(19)17-4-6-1-2-7(15)3-8(6)16-9(18)5-17/h1-3H,4-5,15H2,(H,16,18). The Morgan fingerprint density at radius 1 is 1.32 bits per heavy atom. The van der Waals surface area contributed by atoms with E-state index < -0.39 is 24.5 Å². The van der Waals surface area contributed by atoms with E-state index in [0.29, 0.717) is 21.8 Å². The van der Waals surface area contributed by atoms with E-state index in [1.165, 1.54) is 18.2 Å². The normalized spacial score (nSPS) is 15.5. The molecule has 102 valence electrons. The highest BCUT2D eigenvalue weighted by Crippen LogP contribution is 2.26. The molecular formula is C11H10F3N3O2. The van der Waals surface area contributed by atoms with E-state index in [9.17, 15) is 22.8 Å². The number of nitrogens with one attached hydrogen (secondary N) is 1. The van der Waals surface area contributed by atoms with Gasteiger partial charge < -0.3 is 16.0 Å². The topological polar surface area (TPSA) is 75.4 Å². The first-order valence-corrected chi connectivity index (χ1v) is 5.32. The van der Waals surface area contributed by atoms with Crippen LogP contribution in [0.15, 0.2) is 18.2 Å². The number of amides is 2. The van der Waals surface area contributed by atoms with Crippen LogP contribution in [0.1, 0.15) is 5.56 Å². The van der Waals surface area contributed by atoms with Crippen molar-refractivity contribution in [1.29, 1.82) is 0 Å². The second-order valence-corrected chi connectivity index (χ2v) is 4.12. The number of carbonyl (C=O) groups excluding carboxylic acids is 2. The summed E-state index contributed by atoms with van der Waals surface area (Å²) >= 11 is 0. The molecule has 0 spiro atoms. The molecular weight excluding hydrogens is 263 g/mol. The molecule has 19 heavy (non-hydrogen) atoms. The van der Waals surface area contributed by atoms with Gasteiger partial charge in [0.15, 0.2) is 0 Å². The molecule has 0 bridgehead atoms. The second kappa shape index (κ2) is 4.45. The Balaban J connectivity index is 2.34. The number of rotatable bonds is 0. The minimum atomic E-state index is -5.00. The number of halogens is 3. The first-order chi connectivity index (χ1) is 8.77. The fourth-order valence-electron chi connectivity index (χ4n) is 1.80. The van der Waals surface area contributed by atoms with Crippen molar-refractivity contribution in [2.45, 2.75) is 12.7 Å². The van der Waals surface area contributed by atoms with E-state index in [4.69, 9.17) is 5.73 Å². The fraction of sp³-hybridized carbons (Fsp3) is 0.273. The molecule has 8 heteroatoms. The van der Waals surface area contributed by atoms with Crippen LogP contribution in [0.2, 0.25) is 0 Å². The van der Waals surface area contributed by atoms with Gasteiger partial charge in [-0.2, -0.15) is 13.2 Å². The van der Waals surface area contributed by atoms with Gasteiger partial charge in [0.25, 0.3) is 0 Å². The molecule has 0 saturated heterocycles. The van der Waals surface area contributed by atoms with E-state index in [-0.39, 0.29) is 6.54 Å². The molecule has 2 rings (SSSR count). The first kappa shape index (κ1) is 13.2. The fourth-order valence-corrected chi connectivity index (χ4v) is 1.80. The summed E-state index contributed by atoms with van der Waals surface area (Å²) in [6.07, 6.45) is -5.00. The largest absolute Gasteiger partial charge is 0.471 e. The Morgan fingerprint density at radius 3 is 2.63 bits per heavy atom. The summed E-state index contributed by atoms with van der Waals surface area (Å²) < 4.78 is 37.2. The van der Waals surface area contributed by atoms with Gasteiger partial charge in [0.2, 0.25) is 5.91 Å². The number of anilines is 2. The summed E-state index contributed by atoms with van der Waals surface area (Å²) in [6.45, 7) is -0.945. The van der Waals surface area contributed by atoms with E-state index in [1.54, 1.807) is 0 Å². The van der Waals surface area contributed by atoms with Crippen molar-refractivity contribution in [3.05, 3.63) is 23.8 Å². The molecule has 0 atom stereocenters. The highest BCUT2D eigenvalue weighted by atomic mass is 19.4. The zero-order valence-electron chi connectivity index (χ0n) is 9.62. The first-order valence-electron chi connectivity index (χ1n) is 5.32. The molecule has 1 aliphatic rings. The molecule has 0 unspecified atom stereocenters. The molecule has 1 heterocycles. The minimum absolute atomic E-state index is 0.299. The molecule has 0 saturated carbocycles. The maximum Gasteiger partial charge on any atom is 0.471 e. The quantitative estimate of drug-likeness (QED) is 0.695. The number of hydrogen-bond acceptors (Lipinski definition) is 3. The molecule has 0 radical (unpaired) electrons. The van der Waals surface area contributed by atoms with Crippen LogP contribution in [0.4, 0.5) is 24.5 Å². The van der Waals surface area contributed by atoms with Crippen molar-refractivity contribution in [2.24, 2.45) is 0 Å². The zero-order chi connectivity index (χ0) is 14.2. The Bertz CT molecular complexity index is 542. The van der Waals surface area contributed by atoms with E-state index >= 15 is 0 Å². The number of hydrogen-bond donors (Lipinski definition) is 2. The van der Waals surface area contributed by atoms with Gasteiger partial charge in [-0.15, -0.1) is 0 Å². The monoisotopic (exact) mass is 273 g/mol. The van der Waals surface area contributed by atoms with Gasteiger partial charge in [-0.05, 0) is 17.7 Å². The Morgan fingerprint density at radius 2 is 2.00 bits per heavy atom. The number of carbonyl (C=O) groups is 2. The molecule has 0 aliphatic carbocycles. The molecule has 5 nitrogen and oxygen atoms in total. The lowest BCUT2D eigenvalue weighted by atomic mass is 10.1. The summed E-state index contributed by atoms with van der Waals surface area (Å²) in [4.78, 5) is 23.1. The van der Waals surface area contributed by atoms with Crippen LogP contribution in [0, 0.1) is 0 Å². The van der Waals surface area contributed by atoms with Crippen LogP contribution in [-0.2, 0) is 16.1 Å². The van der Waals surface area contributed by atoms with Gasteiger partial charge in [0, 0.05) is 17.9 Å². The molecule has 0 aromatic heterocycles. The van der Waals surface area contributed by atoms with Crippen LogP contribution < -0.4 is 11.1 Å². The van der Waals surface area contributed by atoms with Gasteiger partial charge >= 0.3 is 12.1 Å². The van der Waals surface area contributed by atoms with Crippen LogP contribution in [-0.4, -0.2) is 29.4 Å². The third-order valence-electron chi connectivity index (χ3n) is 2.63. The molecule has 3 N–H and O–H groups in total. The summed E-state index contributed by atoms with van der Waals surface area (Å²) in [5.41, 5.74) is 6.62. The smallest absolute Gasteiger partial charge is 0.399 e. The van der Waals surface area contributed by atoms with Gasteiger partial charge in [0.05, 0.1) is 0 Å². The second-order valence-electron chi connectivity index (χ2n) is 4.12. The maximum absolute atomic E-state index is 12.4. The minimum Gasteiger partial charge on any atom is -0.399 e. The lowest BCUT2D eigenvalue weighted by Gasteiger charge is -2.20. The summed E-state index contributed by atoms with van der Waals surface area (Å²) in [6, 6.07) is 4.41. The Hall–Kier alpha value is -2.25. The summed E-state index contributed by atoms with van der Waals surface area (Å²) in [7, 11) is 0. The molecule has 1 aromatic rings. The zero-order valence-corrected chi connectivity index (χ0v) is 9.62. The summed E-state index contributed by atoms with van der Waals surface area (Å²) in [5, 5.41) is 2.42. The third kappa shape index (κ3) is 2.78. The average molecular weight is 273 g/mol. The van der Waals surface area contributed by atoms with E-state index in [0.717, 1.165) is 0 Å². The highest BCUT2D eigenvalue weighted by Gasteiger charge is 2.43. The number of nitrogen functional groups attached to an aromatic ring is 1. The molecule has 2 amide bonds. The van der Waals surface area contributed by atoms with Crippen molar-refractivity contribution in [2.75, 3.05) is 17.6 Å². The van der Waals surface area contributed by atoms with Crippen molar-refractivity contribution in [3.8, 4) is 0 Å². The van der Waals surface area contributed by atoms with Crippen LogP contribution in [0.3, 0.4) is 0 Å². The van der Waals surface area contributed by atoms with Crippen molar-refractivity contribution in [1.82, 2.24) is 4.90 Å². The van der Waals surface area contributed by atoms with Gasteiger partial charge in [-0.25, -0.2) is 0 Å². The average Bonchev–Trinajstić information content (AvgIpc) is 2.44. The molecule has 1 aliphatic heterocycles. The molecule has 0 fully saturated rings. The van der Waals surface area contributed by atoms with Crippen molar-refractivity contribution >= 4 is 23.2 Å². The van der Waals surface area contributed by atoms with Crippen molar-refractivity contribution < 1.29 is 22.8 Å². The van der Waals surface area contributed by atoms with Gasteiger partial charge in [-0.1, -0.05) is 6.07 Å².